The minimum absolute atomic E-state index is 0.105. The second-order valence-corrected chi connectivity index (χ2v) is 3.13. The van der Waals surface area contributed by atoms with E-state index in [1.807, 2.05) is 14.1 Å². The lowest BCUT2D eigenvalue weighted by molar-refractivity contribution is 0.0996. The summed E-state index contributed by atoms with van der Waals surface area (Å²) in [4.78, 5) is 16.4. The maximum absolute atomic E-state index is 10.9. The summed E-state index contributed by atoms with van der Waals surface area (Å²) in [5.41, 5.74) is 5.91. The summed E-state index contributed by atoms with van der Waals surface area (Å²) < 4.78 is 0. The van der Waals surface area contributed by atoms with Gasteiger partial charge >= 0.3 is 0 Å². The van der Waals surface area contributed by atoms with Crippen molar-refractivity contribution < 1.29 is 4.79 Å². The SMILES string of the molecule is CN(C)c1ccnc(C(N)=O)c1Cl. The minimum atomic E-state index is -0.617. The number of carbonyl (C=O) groups excluding carboxylic acids is 1. The average molecular weight is 200 g/mol. The summed E-state index contributed by atoms with van der Waals surface area (Å²) in [5, 5.41) is 0.292. The van der Waals surface area contributed by atoms with Gasteiger partial charge in [-0.25, -0.2) is 4.98 Å². The third-order valence-electron chi connectivity index (χ3n) is 1.58. The highest BCUT2D eigenvalue weighted by Crippen LogP contribution is 2.25. The van der Waals surface area contributed by atoms with Gasteiger partial charge in [-0.1, -0.05) is 11.6 Å². The Balaban J connectivity index is 3.26. The fourth-order valence-corrected chi connectivity index (χ4v) is 1.32. The molecule has 0 saturated carbocycles. The highest BCUT2D eigenvalue weighted by atomic mass is 35.5. The topological polar surface area (TPSA) is 59.2 Å². The van der Waals surface area contributed by atoms with Gasteiger partial charge in [-0.05, 0) is 6.07 Å². The van der Waals surface area contributed by atoms with Crippen molar-refractivity contribution in [2.75, 3.05) is 19.0 Å². The minimum Gasteiger partial charge on any atom is -0.376 e. The normalized spacial score (nSPS) is 9.77. The van der Waals surface area contributed by atoms with E-state index in [4.69, 9.17) is 17.3 Å². The summed E-state index contributed by atoms with van der Waals surface area (Å²) in [6.07, 6.45) is 1.50. The largest absolute Gasteiger partial charge is 0.376 e. The molecule has 0 spiro atoms. The number of anilines is 1. The molecule has 0 aromatic carbocycles. The Labute approximate surface area is 81.3 Å². The number of pyridine rings is 1. The molecule has 0 fully saturated rings. The first kappa shape index (κ1) is 9.80. The zero-order chi connectivity index (χ0) is 10.0. The second kappa shape index (κ2) is 3.62. The Morgan fingerprint density at radius 2 is 2.23 bits per heavy atom. The van der Waals surface area contributed by atoms with Crippen molar-refractivity contribution in [2.24, 2.45) is 5.73 Å². The number of aromatic nitrogens is 1. The molecule has 1 heterocycles. The van der Waals surface area contributed by atoms with Gasteiger partial charge in [0.1, 0.15) is 5.69 Å². The molecule has 0 aliphatic carbocycles. The van der Waals surface area contributed by atoms with Crippen molar-refractivity contribution in [1.29, 1.82) is 0 Å². The summed E-state index contributed by atoms with van der Waals surface area (Å²) in [5.74, 6) is -0.617. The highest BCUT2D eigenvalue weighted by molar-refractivity contribution is 6.36. The van der Waals surface area contributed by atoms with Crippen LogP contribution in [0.3, 0.4) is 0 Å². The van der Waals surface area contributed by atoms with Crippen LogP contribution in [-0.2, 0) is 0 Å². The Hall–Kier alpha value is -1.29. The number of carbonyl (C=O) groups is 1. The van der Waals surface area contributed by atoms with Crippen molar-refractivity contribution in [3.05, 3.63) is 23.0 Å². The van der Waals surface area contributed by atoms with Gasteiger partial charge in [-0.2, -0.15) is 0 Å². The van der Waals surface area contributed by atoms with Crippen LogP contribution < -0.4 is 10.6 Å². The van der Waals surface area contributed by atoms with Crippen molar-refractivity contribution in [3.63, 3.8) is 0 Å². The summed E-state index contributed by atoms with van der Waals surface area (Å²) in [7, 11) is 3.65. The molecule has 5 heteroatoms. The van der Waals surface area contributed by atoms with Crippen LogP contribution in [0.1, 0.15) is 10.5 Å². The lowest BCUT2D eigenvalue weighted by Crippen LogP contribution is -2.16. The molecule has 4 nitrogen and oxygen atoms in total. The van der Waals surface area contributed by atoms with E-state index < -0.39 is 5.91 Å². The zero-order valence-electron chi connectivity index (χ0n) is 7.41. The molecule has 1 aromatic heterocycles. The molecular weight excluding hydrogens is 190 g/mol. The molecule has 0 saturated heterocycles. The zero-order valence-corrected chi connectivity index (χ0v) is 8.17. The molecule has 0 unspecified atom stereocenters. The second-order valence-electron chi connectivity index (χ2n) is 2.75. The van der Waals surface area contributed by atoms with Crippen LogP contribution in [0.5, 0.6) is 0 Å². The molecule has 13 heavy (non-hydrogen) atoms. The van der Waals surface area contributed by atoms with Crippen LogP contribution in [0.25, 0.3) is 0 Å². The van der Waals surface area contributed by atoms with Crippen molar-refractivity contribution >= 4 is 23.2 Å². The lowest BCUT2D eigenvalue weighted by atomic mass is 10.3. The van der Waals surface area contributed by atoms with Gasteiger partial charge < -0.3 is 10.6 Å². The van der Waals surface area contributed by atoms with E-state index in [0.29, 0.717) is 5.02 Å². The third kappa shape index (κ3) is 1.89. The Bertz CT molecular complexity index is 338. The van der Waals surface area contributed by atoms with Gasteiger partial charge in [0.15, 0.2) is 0 Å². The summed E-state index contributed by atoms with van der Waals surface area (Å²) in [6, 6.07) is 1.72. The van der Waals surface area contributed by atoms with E-state index in [-0.39, 0.29) is 5.69 Å². The van der Waals surface area contributed by atoms with Gasteiger partial charge in [-0.15, -0.1) is 0 Å². The van der Waals surface area contributed by atoms with Gasteiger partial charge in [0.2, 0.25) is 0 Å². The first-order valence-electron chi connectivity index (χ1n) is 3.65. The number of amides is 1. The third-order valence-corrected chi connectivity index (χ3v) is 1.96. The molecule has 0 bridgehead atoms. The predicted octanol–water partition coefficient (Wildman–Crippen LogP) is 0.900. The fourth-order valence-electron chi connectivity index (χ4n) is 0.951. The molecule has 0 aliphatic rings. The number of hydrogen-bond acceptors (Lipinski definition) is 3. The first-order valence-corrected chi connectivity index (χ1v) is 4.03. The van der Waals surface area contributed by atoms with Crippen LogP contribution >= 0.6 is 11.6 Å². The molecule has 1 amide bonds. The van der Waals surface area contributed by atoms with Crippen molar-refractivity contribution in [3.8, 4) is 0 Å². The van der Waals surface area contributed by atoms with Gasteiger partial charge in [0, 0.05) is 20.3 Å². The number of rotatable bonds is 2. The molecule has 0 aliphatic heterocycles. The smallest absolute Gasteiger partial charge is 0.268 e. The number of hydrogen-bond donors (Lipinski definition) is 1. The number of nitrogens with zero attached hydrogens (tertiary/aromatic N) is 2. The van der Waals surface area contributed by atoms with Gasteiger partial charge in [-0.3, -0.25) is 4.79 Å². The van der Waals surface area contributed by atoms with E-state index in [2.05, 4.69) is 4.98 Å². The van der Waals surface area contributed by atoms with Crippen LogP contribution in [0.2, 0.25) is 5.02 Å². The number of primary amides is 1. The molecule has 1 aromatic rings. The highest BCUT2D eigenvalue weighted by Gasteiger charge is 2.12. The molecule has 0 atom stereocenters. The number of nitrogens with two attached hydrogens (primary N) is 1. The predicted molar refractivity (Wildman–Crippen MR) is 52.1 cm³/mol. The average Bonchev–Trinajstić information content (AvgIpc) is 2.03. The summed E-state index contributed by atoms with van der Waals surface area (Å²) in [6.45, 7) is 0. The van der Waals surface area contributed by atoms with Crippen LogP contribution in [0, 0.1) is 0 Å². The lowest BCUT2D eigenvalue weighted by Gasteiger charge is -2.14. The van der Waals surface area contributed by atoms with E-state index in [9.17, 15) is 4.79 Å². The molecule has 70 valence electrons. The Morgan fingerprint density at radius 1 is 1.62 bits per heavy atom. The Kier molecular flexibility index (Phi) is 2.72. The molecule has 1 rings (SSSR count). The Morgan fingerprint density at radius 3 is 2.69 bits per heavy atom. The molecule has 2 N–H and O–H groups in total. The maximum atomic E-state index is 10.9. The van der Waals surface area contributed by atoms with Gasteiger partial charge in [0.25, 0.3) is 5.91 Å². The van der Waals surface area contributed by atoms with Crippen LogP contribution in [-0.4, -0.2) is 25.0 Å². The maximum Gasteiger partial charge on any atom is 0.268 e. The van der Waals surface area contributed by atoms with Crippen molar-refractivity contribution in [1.82, 2.24) is 4.98 Å². The van der Waals surface area contributed by atoms with Crippen LogP contribution in [0.4, 0.5) is 5.69 Å². The number of halogens is 1. The van der Waals surface area contributed by atoms with E-state index >= 15 is 0 Å². The first-order chi connectivity index (χ1) is 6.04. The van der Waals surface area contributed by atoms with Gasteiger partial charge in [0.05, 0.1) is 10.7 Å². The standard InChI is InChI=1S/C8H10ClN3O/c1-12(2)5-3-4-11-7(6(5)9)8(10)13/h3-4H,1-2H3,(H2,10,13). The fraction of sp³-hybridized carbons (Fsp3) is 0.250. The quantitative estimate of drug-likeness (QED) is 0.770. The molecule has 0 radical (unpaired) electrons. The van der Waals surface area contributed by atoms with E-state index in [0.717, 1.165) is 5.69 Å². The molecular formula is C8H10ClN3O. The van der Waals surface area contributed by atoms with E-state index in [1.54, 1.807) is 11.0 Å². The van der Waals surface area contributed by atoms with Crippen molar-refractivity contribution in [2.45, 2.75) is 0 Å². The van der Waals surface area contributed by atoms with Crippen LogP contribution in [0.15, 0.2) is 12.3 Å². The summed E-state index contributed by atoms with van der Waals surface area (Å²) >= 11 is 5.89. The monoisotopic (exact) mass is 199 g/mol. The van der Waals surface area contributed by atoms with E-state index in [1.165, 1.54) is 6.20 Å².